The summed E-state index contributed by atoms with van der Waals surface area (Å²) in [5, 5.41) is 7.55. The standard InChI is InChI=1S/C14H13Cl2N3OS/c1-8(15)14(20)17-13-11-6-21-7-12(11)18-19(13)10-4-2-9(16)3-5-10/h2-5,8H,6-7H2,1H3,(H,17,20)/t8-/m1/s1. The van der Waals surface area contributed by atoms with Crippen LogP contribution in [0.2, 0.25) is 5.02 Å². The van der Waals surface area contributed by atoms with Gasteiger partial charge in [-0.15, -0.1) is 11.6 Å². The molecule has 0 bridgehead atoms. The zero-order valence-electron chi connectivity index (χ0n) is 11.3. The van der Waals surface area contributed by atoms with Crippen molar-refractivity contribution >= 4 is 46.7 Å². The van der Waals surface area contributed by atoms with Crippen LogP contribution in [0, 0.1) is 0 Å². The number of alkyl halides is 1. The molecule has 1 N–H and O–H groups in total. The topological polar surface area (TPSA) is 46.9 Å². The lowest BCUT2D eigenvalue weighted by atomic mass is 10.2. The maximum atomic E-state index is 11.9. The number of halogens is 2. The van der Waals surface area contributed by atoms with E-state index in [9.17, 15) is 4.79 Å². The van der Waals surface area contributed by atoms with Crippen LogP contribution < -0.4 is 5.32 Å². The minimum absolute atomic E-state index is 0.230. The van der Waals surface area contributed by atoms with Crippen molar-refractivity contribution in [3.63, 3.8) is 0 Å². The van der Waals surface area contributed by atoms with E-state index in [1.54, 1.807) is 35.5 Å². The van der Waals surface area contributed by atoms with Crippen LogP contribution in [0.1, 0.15) is 18.2 Å². The molecule has 7 heteroatoms. The van der Waals surface area contributed by atoms with Crippen molar-refractivity contribution in [1.82, 2.24) is 9.78 Å². The number of aromatic nitrogens is 2. The lowest BCUT2D eigenvalue weighted by molar-refractivity contribution is -0.115. The molecular weight excluding hydrogens is 329 g/mol. The fraction of sp³-hybridized carbons (Fsp3) is 0.286. The number of rotatable bonds is 3. The minimum Gasteiger partial charge on any atom is -0.309 e. The zero-order valence-corrected chi connectivity index (χ0v) is 13.6. The second-order valence-corrected chi connectivity index (χ2v) is 6.84. The third-order valence-corrected chi connectivity index (χ3v) is 4.65. The van der Waals surface area contributed by atoms with Crippen LogP contribution in [0.3, 0.4) is 0 Å². The third-order valence-electron chi connectivity index (χ3n) is 3.23. The van der Waals surface area contributed by atoms with Gasteiger partial charge < -0.3 is 5.32 Å². The lowest BCUT2D eigenvalue weighted by Gasteiger charge is -2.11. The van der Waals surface area contributed by atoms with Gasteiger partial charge in [0, 0.05) is 22.1 Å². The highest BCUT2D eigenvalue weighted by Crippen LogP contribution is 2.36. The van der Waals surface area contributed by atoms with Crippen molar-refractivity contribution < 1.29 is 4.79 Å². The van der Waals surface area contributed by atoms with Gasteiger partial charge in [-0.3, -0.25) is 4.79 Å². The smallest absolute Gasteiger partial charge is 0.243 e. The van der Waals surface area contributed by atoms with Gasteiger partial charge in [0.15, 0.2) is 0 Å². The molecular formula is C14H13Cl2N3OS. The van der Waals surface area contributed by atoms with E-state index in [0.717, 1.165) is 28.5 Å². The van der Waals surface area contributed by atoms with Crippen LogP contribution in [-0.2, 0) is 16.3 Å². The molecule has 1 amide bonds. The molecule has 0 saturated carbocycles. The predicted octanol–water partition coefficient (Wildman–Crippen LogP) is 3.84. The van der Waals surface area contributed by atoms with Gasteiger partial charge in [-0.2, -0.15) is 16.9 Å². The van der Waals surface area contributed by atoms with E-state index >= 15 is 0 Å². The van der Waals surface area contributed by atoms with E-state index in [2.05, 4.69) is 10.4 Å². The molecule has 1 aliphatic heterocycles. The Labute approximate surface area is 136 Å². The van der Waals surface area contributed by atoms with E-state index in [1.807, 2.05) is 12.1 Å². The maximum Gasteiger partial charge on any atom is 0.243 e. The second kappa shape index (κ2) is 5.91. The molecule has 0 saturated heterocycles. The van der Waals surface area contributed by atoms with Crippen LogP contribution >= 0.6 is 35.0 Å². The monoisotopic (exact) mass is 341 g/mol. The number of fused-ring (bicyclic) bond motifs is 1. The molecule has 110 valence electrons. The van der Waals surface area contributed by atoms with Crippen molar-refractivity contribution in [1.29, 1.82) is 0 Å². The molecule has 0 aliphatic carbocycles. The Bertz CT molecular complexity index is 682. The maximum absolute atomic E-state index is 11.9. The Morgan fingerprint density at radius 1 is 1.38 bits per heavy atom. The number of benzene rings is 1. The summed E-state index contributed by atoms with van der Waals surface area (Å²) in [5.41, 5.74) is 2.93. The molecule has 1 atom stereocenters. The van der Waals surface area contributed by atoms with E-state index in [-0.39, 0.29) is 5.91 Å². The summed E-state index contributed by atoms with van der Waals surface area (Å²) in [6.45, 7) is 1.65. The third kappa shape index (κ3) is 2.91. The molecule has 0 fully saturated rings. The second-order valence-electron chi connectivity index (χ2n) is 4.76. The number of nitrogens with zero attached hydrogens (tertiary/aromatic N) is 2. The summed E-state index contributed by atoms with van der Waals surface area (Å²) < 4.78 is 1.75. The van der Waals surface area contributed by atoms with Crippen LogP contribution in [0.25, 0.3) is 5.69 Å². The van der Waals surface area contributed by atoms with E-state index in [0.29, 0.717) is 10.8 Å². The first-order valence-electron chi connectivity index (χ1n) is 6.45. The number of thioether (sulfide) groups is 1. The summed E-state index contributed by atoms with van der Waals surface area (Å²) >= 11 is 13.6. The highest BCUT2D eigenvalue weighted by molar-refractivity contribution is 7.98. The highest BCUT2D eigenvalue weighted by Gasteiger charge is 2.25. The van der Waals surface area contributed by atoms with Gasteiger partial charge in [-0.25, -0.2) is 4.68 Å². The van der Waals surface area contributed by atoms with E-state index in [4.69, 9.17) is 23.2 Å². The molecule has 3 rings (SSSR count). The van der Waals surface area contributed by atoms with Gasteiger partial charge >= 0.3 is 0 Å². The van der Waals surface area contributed by atoms with Gasteiger partial charge in [0.25, 0.3) is 0 Å². The summed E-state index contributed by atoms with van der Waals surface area (Å²) in [5.74, 6) is 2.17. The molecule has 1 aromatic carbocycles. The van der Waals surface area contributed by atoms with Crippen molar-refractivity contribution in [2.45, 2.75) is 23.8 Å². The summed E-state index contributed by atoms with van der Waals surface area (Å²) in [6.07, 6.45) is 0. The van der Waals surface area contributed by atoms with Gasteiger partial charge in [0.05, 0.1) is 11.4 Å². The Balaban J connectivity index is 2.04. The number of hydrogen-bond donors (Lipinski definition) is 1. The molecule has 1 aromatic heterocycles. The molecule has 1 aliphatic rings. The average molecular weight is 342 g/mol. The van der Waals surface area contributed by atoms with Crippen LogP contribution in [-0.4, -0.2) is 21.1 Å². The van der Waals surface area contributed by atoms with Crippen molar-refractivity contribution in [2.24, 2.45) is 0 Å². The number of anilines is 1. The Morgan fingerprint density at radius 3 is 2.76 bits per heavy atom. The first-order chi connectivity index (χ1) is 10.1. The number of amides is 1. The molecule has 2 heterocycles. The van der Waals surface area contributed by atoms with Crippen LogP contribution in [0.15, 0.2) is 24.3 Å². The Hall–Kier alpha value is -1.17. The SMILES string of the molecule is C[C@@H](Cl)C(=O)Nc1c2c(nn1-c1ccc(Cl)cc1)CSC2. The van der Waals surface area contributed by atoms with Gasteiger partial charge in [-0.05, 0) is 31.2 Å². The van der Waals surface area contributed by atoms with Gasteiger partial charge in [0.2, 0.25) is 5.91 Å². The normalized spacial score (nSPS) is 14.8. The molecule has 21 heavy (non-hydrogen) atoms. The number of hydrogen-bond acceptors (Lipinski definition) is 3. The average Bonchev–Trinajstić information content (AvgIpc) is 3.02. The summed E-state index contributed by atoms with van der Waals surface area (Å²) in [7, 11) is 0. The van der Waals surface area contributed by atoms with Gasteiger partial charge in [0.1, 0.15) is 11.2 Å². The van der Waals surface area contributed by atoms with Crippen LogP contribution in [0.5, 0.6) is 0 Å². The minimum atomic E-state index is -0.594. The largest absolute Gasteiger partial charge is 0.309 e. The molecule has 0 spiro atoms. The first-order valence-corrected chi connectivity index (χ1v) is 8.42. The van der Waals surface area contributed by atoms with Gasteiger partial charge in [-0.1, -0.05) is 11.6 Å². The molecule has 0 radical (unpaired) electrons. The fourth-order valence-corrected chi connectivity index (χ4v) is 3.34. The quantitative estimate of drug-likeness (QED) is 0.862. The van der Waals surface area contributed by atoms with Crippen molar-refractivity contribution in [3.05, 3.63) is 40.5 Å². The molecule has 2 aromatic rings. The predicted molar refractivity (Wildman–Crippen MR) is 87.5 cm³/mol. The van der Waals surface area contributed by atoms with Crippen molar-refractivity contribution in [3.8, 4) is 5.69 Å². The zero-order chi connectivity index (χ0) is 15.0. The van der Waals surface area contributed by atoms with Crippen LogP contribution in [0.4, 0.5) is 5.82 Å². The van der Waals surface area contributed by atoms with Crippen molar-refractivity contribution in [2.75, 3.05) is 5.32 Å². The Morgan fingerprint density at radius 2 is 2.10 bits per heavy atom. The first kappa shape index (κ1) is 14.8. The fourth-order valence-electron chi connectivity index (χ4n) is 2.13. The molecule has 0 unspecified atom stereocenters. The number of carbonyl (C=O) groups excluding carboxylic acids is 1. The molecule has 4 nitrogen and oxygen atoms in total. The number of nitrogens with one attached hydrogen (secondary N) is 1. The number of carbonyl (C=O) groups is 1. The lowest BCUT2D eigenvalue weighted by Crippen LogP contribution is -2.22. The Kier molecular flexibility index (Phi) is 4.15. The summed E-state index contributed by atoms with van der Waals surface area (Å²) in [6, 6.07) is 7.34. The van der Waals surface area contributed by atoms with E-state index < -0.39 is 5.38 Å². The summed E-state index contributed by atoms with van der Waals surface area (Å²) in [4.78, 5) is 11.9. The highest BCUT2D eigenvalue weighted by atomic mass is 35.5. The van der Waals surface area contributed by atoms with E-state index in [1.165, 1.54) is 0 Å².